The minimum absolute atomic E-state index is 0.0138. The highest BCUT2D eigenvalue weighted by Crippen LogP contribution is 2.27. The van der Waals surface area contributed by atoms with Gasteiger partial charge in [-0.15, -0.1) is 23.2 Å². The van der Waals surface area contributed by atoms with Crippen LogP contribution in [0.1, 0.15) is 39.0 Å². The van der Waals surface area contributed by atoms with Gasteiger partial charge in [0.25, 0.3) is 0 Å². The molecule has 1 saturated carbocycles. The van der Waals surface area contributed by atoms with Crippen molar-refractivity contribution in [3.8, 4) is 0 Å². The molecule has 2 amide bonds. The van der Waals surface area contributed by atoms with Crippen LogP contribution in [-0.2, 0) is 9.53 Å². The Kier molecular flexibility index (Phi) is 8.69. The number of urea groups is 1. The minimum Gasteiger partial charge on any atom is -0.469 e. The van der Waals surface area contributed by atoms with Crippen LogP contribution in [0.3, 0.4) is 0 Å². The molecule has 5 N–H and O–H groups in total. The average Bonchev–Trinajstić information content (AvgIpc) is 2.57. The van der Waals surface area contributed by atoms with Crippen LogP contribution in [0.5, 0.6) is 0 Å². The van der Waals surface area contributed by atoms with E-state index in [4.69, 9.17) is 23.2 Å². The van der Waals surface area contributed by atoms with Gasteiger partial charge in [0.05, 0.1) is 30.5 Å². The zero-order valence-electron chi connectivity index (χ0n) is 15.2. The molecule has 0 radical (unpaired) electrons. The van der Waals surface area contributed by atoms with Gasteiger partial charge in [-0.1, -0.05) is 0 Å². The summed E-state index contributed by atoms with van der Waals surface area (Å²) in [4.78, 5) is 23.4. The van der Waals surface area contributed by atoms with Gasteiger partial charge in [0.2, 0.25) is 0 Å². The molecule has 2 fully saturated rings. The molecule has 0 aromatic rings. The normalized spacial score (nSPS) is 34.8. The lowest BCUT2D eigenvalue weighted by molar-refractivity contribution is -0.140. The largest absolute Gasteiger partial charge is 0.469 e. The van der Waals surface area contributed by atoms with Crippen molar-refractivity contribution in [2.75, 3.05) is 13.7 Å². The van der Waals surface area contributed by atoms with Crippen LogP contribution in [0.15, 0.2) is 0 Å². The lowest BCUT2D eigenvalue weighted by Gasteiger charge is -2.37. The van der Waals surface area contributed by atoms with Crippen LogP contribution >= 0.6 is 23.2 Å². The van der Waals surface area contributed by atoms with E-state index in [-0.39, 0.29) is 47.3 Å². The average molecular weight is 410 g/mol. The number of alkyl halides is 2. The summed E-state index contributed by atoms with van der Waals surface area (Å²) in [5.41, 5.74) is 0. The van der Waals surface area contributed by atoms with Crippen molar-refractivity contribution in [3.05, 3.63) is 0 Å². The van der Waals surface area contributed by atoms with Crippen molar-refractivity contribution in [3.63, 3.8) is 0 Å². The second-order valence-electron chi connectivity index (χ2n) is 6.90. The first-order chi connectivity index (χ1) is 12.4. The van der Waals surface area contributed by atoms with Gasteiger partial charge in [-0.25, -0.2) is 4.79 Å². The minimum atomic E-state index is -0.370. The van der Waals surface area contributed by atoms with E-state index in [9.17, 15) is 9.59 Å². The summed E-state index contributed by atoms with van der Waals surface area (Å²) in [7, 11) is 1.37. The smallest absolute Gasteiger partial charge is 0.317 e. The van der Waals surface area contributed by atoms with Crippen LogP contribution < -0.4 is 26.6 Å². The van der Waals surface area contributed by atoms with Crippen molar-refractivity contribution in [1.82, 2.24) is 26.6 Å². The number of ether oxygens (including phenoxy) is 1. The second-order valence-corrected chi connectivity index (χ2v) is 8.02. The van der Waals surface area contributed by atoms with Crippen molar-refractivity contribution in [2.24, 2.45) is 0 Å². The zero-order chi connectivity index (χ0) is 19.1. The standard InChI is InChI=1S/C16H29Cl2N5O3/c1-9-7-13(19-6-5-14(24)26-2)22-15(20-9)23-16(25)21-10-3-4-11(17)12(18)8-10/h9-13,15,19-20,22H,3-8H2,1-2H3,(H2,21,23,25). The highest BCUT2D eigenvalue weighted by atomic mass is 35.5. The second kappa shape index (κ2) is 10.5. The number of rotatable bonds is 6. The third kappa shape index (κ3) is 7.08. The van der Waals surface area contributed by atoms with Crippen LogP contribution in [0.25, 0.3) is 0 Å². The van der Waals surface area contributed by atoms with Crippen molar-refractivity contribution < 1.29 is 14.3 Å². The summed E-state index contributed by atoms with van der Waals surface area (Å²) < 4.78 is 4.63. The van der Waals surface area contributed by atoms with E-state index < -0.39 is 0 Å². The Labute approximate surface area is 164 Å². The van der Waals surface area contributed by atoms with E-state index in [1.165, 1.54) is 7.11 Å². The topological polar surface area (TPSA) is 104 Å². The lowest BCUT2D eigenvalue weighted by Crippen LogP contribution is -2.68. The molecule has 6 unspecified atom stereocenters. The number of amides is 2. The summed E-state index contributed by atoms with van der Waals surface area (Å²) in [6.45, 7) is 2.55. The maximum Gasteiger partial charge on any atom is 0.317 e. The third-order valence-corrected chi connectivity index (χ3v) is 5.79. The molecular weight excluding hydrogens is 381 g/mol. The Morgan fingerprint density at radius 1 is 1.12 bits per heavy atom. The fraction of sp³-hybridized carbons (Fsp3) is 0.875. The molecule has 0 aromatic carbocycles. The van der Waals surface area contributed by atoms with E-state index in [2.05, 4.69) is 31.3 Å². The van der Waals surface area contributed by atoms with Gasteiger partial charge in [-0.05, 0) is 32.6 Å². The molecule has 0 aromatic heterocycles. The number of nitrogens with one attached hydrogen (secondary N) is 5. The first kappa shape index (κ1) is 21.5. The van der Waals surface area contributed by atoms with Gasteiger partial charge in [0, 0.05) is 18.6 Å². The Bertz CT molecular complexity index is 485. The summed E-state index contributed by atoms with van der Waals surface area (Å²) in [6.07, 6.45) is 3.04. The van der Waals surface area contributed by atoms with E-state index >= 15 is 0 Å². The first-order valence-corrected chi connectivity index (χ1v) is 9.92. The number of hydrogen-bond donors (Lipinski definition) is 5. The Balaban J connectivity index is 1.73. The molecular formula is C16H29Cl2N5O3. The highest BCUT2D eigenvalue weighted by molar-refractivity contribution is 6.30. The Morgan fingerprint density at radius 3 is 2.58 bits per heavy atom. The maximum atomic E-state index is 12.3. The molecule has 150 valence electrons. The van der Waals surface area contributed by atoms with Crippen LogP contribution in [0.2, 0.25) is 0 Å². The predicted molar refractivity (Wildman–Crippen MR) is 101 cm³/mol. The number of esters is 1. The van der Waals surface area contributed by atoms with Gasteiger partial charge in [0.15, 0.2) is 0 Å². The molecule has 1 saturated heterocycles. The first-order valence-electron chi connectivity index (χ1n) is 9.05. The number of methoxy groups -OCH3 is 1. The van der Waals surface area contributed by atoms with E-state index in [1.54, 1.807) is 0 Å². The number of halogens is 2. The van der Waals surface area contributed by atoms with Gasteiger partial charge in [-0.3, -0.25) is 15.4 Å². The van der Waals surface area contributed by atoms with Crippen molar-refractivity contribution in [1.29, 1.82) is 0 Å². The van der Waals surface area contributed by atoms with Crippen molar-refractivity contribution >= 4 is 35.2 Å². The molecule has 1 heterocycles. The van der Waals surface area contributed by atoms with Gasteiger partial charge in [-0.2, -0.15) is 0 Å². The zero-order valence-corrected chi connectivity index (χ0v) is 16.7. The predicted octanol–water partition coefficient (Wildman–Crippen LogP) is 0.787. The fourth-order valence-corrected chi connectivity index (χ4v) is 3.84. The van der Waals surface area contributed by atoms with Crippen LogP contribution in [0, 0.1) is 0 Å². The number of carbonyl (C=O) groups is 2. The fourth-order valence-electron chi connectivity index (χ4n) is 3.27. The van der Waals surface area contributed by atoms with Crippen molar-refractivity contribution in [2.45, 2.75) is 74.3 Å². The molecule has 6 atom stereocenters. The van der Waals surface area contributed by atoms with Crippen LogP contribution in [0.4, 0.5) is 4.79 Å². The number of hydrogen-bond acceptors (Lipinski definition) is 6. The molecule has 2 rings (SSSR count). The molecule has 8 nitrogen and oxygen atoms in total. The summed E-state index contributed by atoms with van der Waals surface area (Å²) in [6, 6.07) is -0.0159. The van der Waals surface area contributed by atoms with E-state index in [1.807, 2.05) is 6.92 Å². The lowest BCUT2D eigenvalue weighted by atomic mass is 9.95. The Morgan fingerprint density at radius 2 is 1.88 bits per heavy atom. The molecule has 26 heavy (non-hydrogen) atoms. The van der Waals surface area contributed by atoms with Gasteiger partial charge in [0.1, 0.15) is 6.29 Å². The number of carbonyl (C=O) groups excluding carboxylic acids is 2. The van der Waals surface area contributed by atoms with Gasteiger partial charge >= 0.3 is 12.0 Å². The molecule has 0 bridgehead atoms. The van der Waals surface area contributed by atoms with E-state index in [0.29, 0.717) is 19.4 Å². The summed E-state index contributed by atoms with van der Waals surface area (Å²) >= 11 is 12.3. The SMILES string of the molecule is COC(=O)CCNC1CC(C)NC(NC(=O)NC2CCC(Cl)C(Cl)C2)N1. The third-order valence-electron chi connectivity index (χ3n) is 4.66. The summed E-state index contributed by atoms with van der Waals surface area (Å²) in [5, 5.41) is 15.5. The summed E-state index contributed by atoms with van der Waals surface area (Å²) in [5.74, 6) is -0.252. The molecule has 2 aliphatic rings. The van der Waals surface area contributed by atoms with Crippen LogP contribution in [-0.4, -0.2) is 60.9 Å². The molecule has 1 aliphatic carbocycles. The molecule has 0 spiro atoms. The van der Waals surface area contributed by atoms with E-state index in [0.717, 1.165) is 19.3 Å². The Hall–Kier alpha value is -0.800. The quantitative estimate of drug-likeness (QED) is 0.328. The molecule has 10 heteroatoms. The maximum absolute atomic E-state index is 12.3. The molecule has 1 aliphatic heterocycles. The monoisotopic (exact) mass is 409 g/mol. The van der Waals surface area contributed by atoms with Gasteiger partial charge < -0.3 is 20.7 Å². The highest BCUT2D eigenvalue weighted by Gasteiger charge is 2.30.